The van der Waals surface area contributed by atoms with Gasteiger partial charge in [0.1, 0.15) is 0 Å². The lowest BCUT2D eigenvalue weighted by atomic mass is 10.2. The van der Waals surface area contributed by atoms with E-state index < -0.39 is 0 Å². The van der Waals surface area contributed by atoms with E-state index in [1.54, 1.807) is 23.0 Å². The average molecular weight is 332 g/mol. The van der Waals surface area contributed by atoms with E-state index in [-0.39, 0.29) is 5.91 Å². The van der Waals surface area contributed by atoms with Gasteiger partial charge in [-0.2, -0.15) is 5.10 Å². The van der Waals surface area contributed by atoms with Gasteiger partial charge in [-0.3, -0.25) is 20.3 Å². The molecule has 0 unspecified atom stereocenters. The summed E-state index contributed by atoms with van der Waals surface area (Å²) >= 11 is 0. The van der Waals surface area contributed by atoms with E-state index in [0.29, 0.717) is 5.56 Å². The maximum absolute atomic E-state index is 12.3. The highest BCUT2D eigenvalue weighted by Crippen LogP contribution is 2.13. The smallest absolute Gasteiger partial charge is 0.270 e. The molecule has 5 nitrogen and oxygen atoms in total. The lowest BCUT2D eigenvalue weighted by molar-refractivity contribution is 0.101. The van der Waals surface area contributed by atoms with Gasteiger partial charge in [0.2, 0.25) is 0 Å². The van der Waals surface area contributed by atoms with Crippen molar-refractivity contribution < 1.29 is 4.79 Å². The third-order valence-corrected chi connectivity index (χ3v) is 3.89. The fraction of sp³-hybridized carbons (Fsp3) is 0.100. The van der Waals surface area contributed by atoms with Gasteiger partial charge in [-0.05, 0) is 44.2 Å². The Balaban J connectivity index is 1.73. The van der Waals surface area contributed by atoms with E-state index in [1.165, 1.54) is 0 Å². The van der Waals surface area contributed by atoms with Crippen molar-refractivity contribution in [3.63, 3.8) is 0 Å². The van der Waals surface area contributed by atoms with Crippen LogP contribution in [0, 0.1) is 13.8 Å². The van der Waals surface area contributed by atoms with Gasteiger partial charge in [-0.25, -0.2) is 0 Å². The maximum atomic E-state index is 12.3. The average Bonchev–Trinajstić information content (AvgIpc) is 2.91. The lowest BCUT2D eigenvalue weighted by Crippen LogP contribution is -2.24. The van der Waals surface area contributed by atoms with Crippen LogP contribution in [0.4, 0.5) is 5.69 Å². The van der Waals surface area contributed by atoms with Crippen molar-refractivity contribution >= 4 is 17.8 Å². The molecule has 25 heavy (non-hydrogen) atoms. The Labute approximate surface area is 147 Å². The highest BCUT2D eigenvalue weighted by atomic mass is 16.2. The summed E-state index contributed by atoms with van der Waals surface area (Å²) < 4.78 is 1.78. The molecule has 1 heterocycles. The first kappa shape index (κ1) is 16.5. The fourth-order valence-electron chi connectivity index (χ4n) is 2.54. The topological polar surface area (TPSA) is 58.4 Å². The number of amides is 1. The first-order valence-electron chi connectivity index (χ1n) is 8.04. The molecule has 3 aromatic rings. The van der Waals surface area contributed by atoms with Crippen LogP contribution in [0.25, 0.3) is 0 Å². The Bertz CT molecular complexity index is 883. The lowest BCUT2D eigenvalue weighted by Gasteiger charge is -2.11. The van der Waals surface area contributed by atoms with Crippen LogP contribution in [0.5, 0.6) is 0 Å². The number of aryl methyl sites for hydroxylation is 1. The maximum Gasteiger partial charge on any atom is 0.270 e. The summed E-state index contributed by atoms with van der Waals surface area (Å²) in [5, 5.41) is 4.26. The van der Waals surface area contributed by atoms with E-state index in [1.807, 2.05) is 68.4 Å². The number of rotatable bonds is 5. The van der Waals surface area contributed by atoms with Crippen molar-refractivity contribution in [3.05, 3.63) is 89.2 Å². The number of para-hydroxylation sites is 1. The Morgan fingerprint density at radius 2 is 1.64 bits per heavy atom. The summed E-state index contributed by atoms with van der Waals surface area (Å²) in [5.74, 6) is -0.145. The molecule has 0 bridgehead atoms. The third kappa shape index (κ3) is 3.95. The zero-order valence-corrected chi connectivity index (χ0v) is 14.2. The molecular formula is C20H20N4O. The second kappa shape index (κ2) is 7.49. The molecule has 126 valence electrons. The van der Waals surface area contributed by atoms with Gasteiger partial charge in [0, 0.05) is 22.5 Å². The number of hydrogen-bond donors (Lipinski definition) is 2. The Morgan fingerprint density at radius 3 is 2.32 bits per heavy atom. The molecule has 0 radical (unpaired) electrons. The minimum absolute atomic E-state index is 0.145. The number of hydrogen-bond acceptors (Lipinski definition) is 3. The first-order chi connectivity index (χ1) is 12.1. The normalized spacial score (nSPS) is 10.8. The molecule has 0 aliphatic rings. The second-order valence-electron chi connectivity index (χ2n) is 5.70. The van der Waals surface area contributed by atoms with Crippen LogP contribution in [0.3, 0.4) is 0 Å². The van der Waals surface area contributed by atoms with Crippen molar-refractivity contribution in [2.75, 3.05) is 10.9 Å². The summed E-state index contributed by atoms with van der Waals surface area (Å²) in [4.78, 5) is 12.3. The molecule has 0 saturated carbocycles. The van der Waals surface area contributed by atoms with Crippen LogP contribution in [0.1, 0.15) is 27.3 Å². The van der Waals surface area contributed by atoms with Crippen molar-refractivity contribution in [2.45, 2.75) is 13.8 Å². The molecule has 0 saturated heterocycles. The molecular weight excluding hydrogens is 312 g/mol. The van der Waals surface area contributed by atoms with Gasteiger partial charge < -0.3 is 0 Å². The number of benzene rings is 2. The van der Waals surface area contributed by atoms with Gasteiger partial charge >= 0.3 is 0 Å². The van der Waals surface area contributed by atoms with Gasteiger partial charge in [0.05, 0.1) is 11.9 Å². The van der Waals surface area contributed by atoms with Gasteiger partial charge in [-0.1, -0.05) is 36.4 Å². The molecule has 1 aromatic heterocycles. The molecule has 1 amide bonds. The summed E-state index contributed by atoms with van der Waals surface area (Å²) in [7, 11) is 0. The molecule has 0 aliphatic heterocycles. The quantitative estimate of drug-likeness (QED) is 0.549. The Kier molecular flexibility index (Phi) is 4.95. The van der Waals surface area contributed by atoms with Crippen LogP contribution < -0.4 is 10.9 Å². The number of anilines is 1. The van der Waals surface area contributed by atoms with E-state index >= 15 is 0 Å². The largest absolute Gasteiger partial charge is 0.279 e. The van der Waals surface area contributed by atoms with Crippen LogP contribution >= 0.6 is 0 Å². The zero-order valence-electron chi connectivity index (χ0n) is 14.2. The van der Waals surface area contributed by atoms with Crippen LogP contribution in [-0.4, -0.2) is 16.8 Å². The number of carbonyl (C=O) groups excluding carboxylic acids is 1. The number of carbonyl (C=O) groups is 1. The molecule has 2 N–H and O–H groups in total. The highest BCUT2D eigenvalue weighted by molar-refractivity contribution is 6.00. The summed E-state index contributed by atoms with van der Waals surface area (Å²) in [5.41, 5.74) is 10.2. The van der Waals surface area contributed by atoms with Crippen molar-refractivity contribution in [1.29, 1.82) is 0 Å². The Morgan fingerprint density at radius 1 is 1.00 bits per heavy atom. The minimum Gasteiger partial charge on any atom is -0.279 e. The molecule has 5 heteroatoms. The molecule has 3 rings (SSSR count). The summed E-state index contributed by atoms with van der Waals surface area (Å²) in [6.45, 7) is 3.89. The number of aromatic nitrogens is 1. The van der Waals surface area contributed by atoms with E-state index in [9.17, 15) is 4.79 Å². The third-order valence-electron chi connectivity index (χ3n) is 3.89. The summed E-state index contributed by atoms with van der Waals surface area (Å²) in [6, 6.07) is 20.9. The van der Waals surface area contributed by atoms with E-state index in [0.717, 1.165) is 22.6 Å². The predicted octanol–water partition coefficient (Wildman–Crippen LogP) is 3.93. The molecule has 0 fully saturated rings. The van der Waals surface area contributed by atoms with Crippen molar-refractivity contribution in [3.8, 4) is 0 Å². The fourth-order valence-corrected chi connectivity index (χ4v) is 2.54. The number of nitrogens with one attached hydrogen (secondary N) is 2. The number of nitrogens with zero attached hydrogens (tertiary/aromatic N) is 2. The van der Waals surface area contributed by atoms with E-state index in [4.69, 9.17) is 0 Å². The SMILES string of the molecule is Cc1cc(/C=N\Nc2ccccc2)c(C)n1NC(=O)c1ccccc1. The predicted molar refractivity (Wildman–Crippen MR) is 102 cm³/mol. The van der Waals surface area contributed by atoms with Crippen molar-refractivity contribution in [2.24, 2.45) is 5.10 Å². The van der Waals surface area contributed by atoms with Gasteiger partial charge in [0.15, 0.2) is 0 Å². The zero-order chi connectivity index (χ0) is 17.6. The second-order valence-corrected chi connectivity index (χ2v) is 5.70. The Hall–Kier alpha value is -3.34. The molecule has 0 aliphatic carbocycles. The summed E-state index contributed by atoms with van der Waals surface area (Å²) in [6.07, 6.45) is 1.75. The molecule has 0 atom stereocenters. The highest BCUT2D eigenvalue weighted by Gasteiger charge is 2.11. The number of hydrazone groups is 1. The molecule has 0 spiro atoms. The van der Waals surface area contributed by atoms with Crippen LogP contribution in [0.2, 0.25) is 0 Å². The van der Waals surface area contributed by atoms with Crippen molar-refractivity contribution in [1.82, 2.24) is 4.68 Å². The van der Waals surface area contributed by atoms with Gasteiger partial charge in [-0.15, -0.1) is 0 Å². The van der Waals surface area contributed by atoms with Crippen LogP contribution in [0.15, 0.2) is 71.8 Å². The molecule has 2 aromatic carbocycles. The monoisotopic (exact) mass is 332 g/mol. The van der Waals surface area contributed by atoms with E-state index in [2.05, 4.69) is 16.0 Å². The van der Waals surface area contributed by atoms with Gasteiger partial charge in [0.25, 0.3) is 5.91 Å². The first-order valence-corrected chi connectivity index (χ1v) is 8.04. The minimum atomic E-state index is -0.145. The van der Waals surface area contributed by atoms with Crippen LogP contribution in [-0.2, 0) is 0 Å². The standard InChI is InChI=1S/C20H20N4O/c1-15-13-18(14-21-22-19-11-7-4-8-12-19)16(2)24(15)23-20(25)17-9-5-3-6-10-17/h3-14,22H,1-2H3,(H,23,25)/b21-14-.